The molecule has 1 saturated heterocycles. The van der Waals surface area contributed by atoms with Gasteiger partial charge in [0.15, 0.2) is 0 Å². The van der Waals surface area contributed by atoms with E-state index in [0.29, 0.717) is 6.04 Å². The summed E-state index contributed by atoms with van der Waals surface area (Å²) in [5.41, 5.74) is 1.48. The Morgan fingerprint density at radius 1 is 1.39 bits per heavy atom. The van der Waals surface area contributed by atoms with Gasteiger partial charge in [0, 0.05) is 31.2 Å². The van der Waals surface area contributed by atoms with E-state index in [-0.39, 0.29) is 5.54 Å². The number of rotatable bonds is 6. The van der Waals surface area contributed by atoms with Crippen LogP contribution in [0.25, 0.3) is 0 Å². The summed E-state index contributed by atoms with van der Waals surface area (Å²) in [6.45, 7) is 15.2. The standard InChI is InChI=1S/C15H31N3/c1-13(10-16-15(2,3)4)11-18-9-7-8-14(18)12-17(5)6/h14,16H,1,7-12H2,2-6H3. The zero-order chi connectivity index (χ0) is 13.8. The molecule has 1 aliphatic heterocycles. The molecule has 18 heavy (non-hydrogen) atoms. The molecule has 1 aliphatic rings. The topological polar surface area (TPSA) is 18.5 Å². The van der Waals surface area contributed by atoms with Gasteiger partial charge in [0.05, 0.1) is 0 Å². The normalized spacial score (nSPS) is 21.8. The van der Waals surface area contributed by atoms with Gasteiger partial charge in [0.1, 0.15) is 0 Å². The third kappa shape index (κ3) is 5.98. The van der Waals surface area contributed by atoms with Gasteiger partial charge in [-0.25, -0.2) is 0 Å². The van der Waals surface area contributed by atoms with Crippen LogP contribution in [-0.4, -0.2) is 61.7 Å². The second-order valence-electron chi connectivity index (χ2n) is 6.88. The molecule has 0 aromatic heterocycles. The van der Waals surface area contributed by atoms with Crippen LogP contribution >= 0.6 is 0 Å². The molecule has 0 bridgehead atoms. The van der Waals surface area contributed by atoms with Gasteiger partial charge in [0.25, 0.3) is 0 Å². The zero-order valence-electron chi connectivity index (χ0n) is 12.9. The Balaban J connectivity index is 2.34. The Kier molecular flexibility index (Phi) is 5.83. The van der Waals surface area contributed by atoms with Crippen molar-refractivity contribution >= 4 is 0 Å². The van der Waals surface area contributed by atoms with Gasteiger partial charge >= 0.3 is 0 Å². The van der Waals surface area contributed by atoms with Gasteiger partial charge in [-0.1, -0.05) is 6.58 Å². The molecule has 0 amide bonds. The van der Waals surface area contributed by atoms with Crippen molar-refractivity contribution in [3.05, 3.63) is 12.2 Å². The minimum absolute atomic E-state index is 0.178. The van der Waals surface area contributed by atoms with Crippen LogP contribution in [0.5, 0.6) is 0 Å². The highest BCUT2D eigenvalue weighted by atomic mass is 15.2. The fourth-order valence-corrected chi connectivity index (χ4v) is 2.46. The first-order valence-electron chi connectivity index (χ1n) is 7.08. The molecule has 0 aromatic rings. The number of likely N-dealkylation sites (tertiary alicyclic amines) is 1. The Bertz CT molecular complexity index is 265. The average Bonchev–Trinajstić information content (AvgIpc) is 2.61. The molecule has 1 unspecified atom stereocenters. The van der Waals surface area contributed by atoms with Crippen LogP contribution in [0, 0.1) is 0 Å². The molecule has 0 aliphatic carbocycles. The Morgan fingerprint density at radius 3 is 2.61 bits per heavy atom. The van der Waals surface area contributed by atoms with E-state index < -0.39 is 0 Å². The maximum atomic E-state index is 4.22. The van der Waals surface area contributed by atoms with E-state index in [1.165, 1.54) is 31.5 Å². The monoisotopic (exact) mass is 253 g/mol. The van der Waals surface area contributed by atoms with Crippen LogP contribution < -0.4 is 5.32 Å². The molecule has 3 nitrogen and oxygen atoms in total. The van der Waals surface area contributed by atoms with Gasteiger partial charge in [0.2, 0.25) is 0 Å². The Hall–Kier alpha value is -0.380. The van der Waals surface area contributed by atoms with Crippen LogP contribution in [0.3, 0.4) is 0 Å². The molecule has 1 N–H and O–H groups in total. The molecule has 1 heterocycles. The summed E-state index contributed by atoms with van der Waals surface area (Å²) in [5, 5.41) is 3.51. The largest absolute Gasteiger partial charge is 0.308 e. The van der Waals surface area contributed by atoms with E-state index in [9.17, 15) is 0 Å². The summed E-state index contributed by atoms with van der Waals surface area (Å²) in [4.78, 5) is 4.88. The number of likely N-dealkylation sites (N-methyl/N-ethyl adjacent to an activating group) is 1. The predicted octanol–water partition coefficient (Wildman–Crippen LogP) is 1.96. The van der Waals surface area contributed by atoms with E-state index in [1.54, 1.807) is 0 Å². The van der Waals surface area contributed by atoms with Crippen LogP contribution in [0.2, 0.25) is 0 Å². The third-order valence-corrected chi connectivity index (χ3v) is 3.37. The molecule has 106 valence electrons. The van der Waals surface area contributed by atoms with Crippen molar-refractivity contribution < 1.29 is 0 Å². The second kappa shape index (κ2) is 6.69. The highest BCUT2D eigenvalue weighted by molar-refractivity contribution is 5.03. The predicted molar refractivity (Wildman–Crippen MR) is 80.0 cm³/mol. The van der Waals surface area contributed by atoms with E-state index in [2.05, 4.69) is 56.6 Å². The molecule has 0 radical (unpaired) electrons. The second-order valence-corrected chi connectivity index (χ2v) is 6.88. The Morgan fingerprint density at radius 2 is 2.06 bits per heavy atom. The first-order valence-corrected chi connectivity index (χ1v) is 7.08. The SMILES string of the molecule is C=C(CNC(C)(C)C)CN1CCCC1CN(C)C. The van der Waals surface area contributed by atoms with Crippen molar-refractivity contribution in [2.75, 3.05) is 40.3 Å². The quantitative estimate of drug-likeness (QED) is 0.730. The first-order chi connectivity index (χ1) is 8.28. The number of nitrogens with one attached hydrogen (secondary N) is 1. The maximum Gasteiger partial charge on any atom is 0.0226 e. The van der Waals surface area contributed by atoms with Crippen molar-refractivity contribution in [3.63, 3.8) is 0 Å². The highest BCUT2D eigenvalue weighted by Gasteiger charge is 2.25. The van der Waals surface area contributed by atoms with Crippen molar-refractivity contribution in [3.8, 4) is 0 Å². The molecular weight excluding hydrogens is 222 g/mol. The van der Waals surface area contributed by atoms with Crippen LogP contribution in [0.1, 0.15) is 33.6 Å². The van der Waals surface area contributed by atoms with Crippen molar-refractivity contribution in [1.29, 1.82) is 0 Å². The minimum atomic E-state index is 0.178. The molecule has 0 aromatic carbocycles. The smallest absolute Gasteiger partial charge is 0.0226 e. The summed E-state index contributed by atoms with van der Waals surface area (Å²) in [5.74, 6) is 0. The lowest BCUT2D eigenvalue weighted by Crippen LogP contribution is -2.41. The lowest BCUT2D eigenvalue weighted by atomic mass is 10.1. The van der Waals surface area contributed by atoms with E-state index in [0.717, 1.165) is 13.1 Å². The van der Waals surface area contributed by atoms with Gasteiger partial charge in [-0.15, -0.1) is 0 Å². The highest BCUT2D eigenvalue weighted by Crippen LogP contribution is 2.18. The van der Waals surface area contributed by atoms with E-state index >= 15 is 0 Å². The van der Waals surface area contributed by atoms with Crippen LogP contribution in [0.4, 0.5) is 0 Å². The fourth-order valence-electron chi connectivity index (χ4n) is 2.46. The number of hydrogen-bond acceptors (Lipinski definition) is 3. The van der Waals surface area contributed by atoms with Crippen LogP contribution in [0.15, 0.2) is 12.2 Å². The lowest BCUT2D eigenvalue weighted by molar-refractivity contribution is 0.220. The average molecular weight is 253 g/mol. The maximum absolute atomic E-state index is 4.22. The summed E-state index contributed by atoms with van der Waals surface area (Å²) in [7, 11) is 4.32. The number of nitrogens with zero attached hydrogens (tertiary/aromatic N) is 2. The van der Waals surface area contributed by atoms with Crippen molar-refractivity contribution in [2.45, 2.75) is 45.2 Å². The molecule has 3 heteroatoms. The van der Waals surface area contributed by atoms with Gasteiger partial charge in [-0.3, -0.25) is 4.90 Å². The van der Waals surface area contributed by atoms with E-state index in [1.807, 2.05) is 0 Å². The molecule has 1 rings (SSSR count). The van der Waals surface area contributed by atoms with Gasteiger partial charge in [-0.05, 0) is 59.8 Å². The first kappa shape index (κ1) is 15.7. The van der Waals surface area contributed by atoms with Gasteiger partial charge < -0.3 is 10.2 Å². The van der Waals surface area contributed by atoms with E-state index in [4.69, 9.17) is 0 Å². The third-order valence-electron chi connectivity index (χ3n) is 3.37. The summed E-state index contributed by atoms with van der Waals surface area (Å²) < 4.78 is 0. The number of hydrogen-bond donors (Lipinski definition) is 1. The molecule has 1 fully saturated rings. The Labute approximate surface area is 113 Å². The van der Waals surface area contributed by atoms with Crippen molar-refractivity contribution in [1.82, 2.24) is 15.1 Å². The van der Waals surface area contributed by atoms with Crippen molar-refractivity contribution in [2.24, 2.45) is 0 Å². The molecular formula is C15H31N3. The summed E-state index contributed by atoms with van der Waals surface area (Å²) >= 11 is 0. The molecule has 0 saturated carbocycles. The lowest BCUT2D eigenvalue weighted by Gasteiger charge is -2.29. The molecule has 1 atom stereocenters. The minimum Gasteiger partial charge on any atom is -0.308 e. The zero-order valence-corrected chi connectivity index (χ0v) is 12.9. The van der Waals surface area contributed by atoms with Gasteiger partial charge in [-0.2, -0.15) is 0 Å². The molecule has 0 spiro atoms. The van der Waals surface area contributed by atoms with Crippen LogP contribution in [-0.2, 0) is 0 Å². The summed E-state index contributed by atoms with van der Waals surface area (Å²) in [6, 6.07) is 0.714. The fraction of sp³-hybridized carbons (Fsp3) is 0.867. The summed E-state index contributed by atoms with van der Waals surface area (Å²) in [6.07, 6.45) is 2.66.